The molecule has 0 spiro atoms. The molecule has 18 heavy (non-hydrogen) atoms. The third kappa shape index (κ3) is 1.19. The Labute approximate surface area is 120 Å². The van der Waals surface area contributed by atoms with E-state index in [4.69, 9.17) is 12.6 Å². The molecule has 0 N–H and O–H groups in total. The van der Waals surface area contributed by atoms with E-state index in [1.54, 1.807) is 19.3 Å². The lowest BCUT2D eigenvalue weighted by atomic mass is 9.64. The van der Waals surface area contributed by atoms with Crippen LogP contribution in [0.15, 0.2) is 0 Å². The van der Waals surface area contributed by atoms with E-state index in [0.29, 0.717) is 0 Å². The molecule has 5 rings (SSSR count). The molecule has 0 heterocycles. The van der Waals surface area contributed by atoms with E-state index in [1.807, 2.05) is 0 Å². The standard InChI is InChI=1S/C16H24S2/c1-18-14-3-7-2-13(14)16-12-6-11(15(7)16)9-4-8(17)5-10(9)12/h7-17H,2-6H2,1H3. The van der Waals surface area contributed by atoms with Gasteiger partial charge in [0, 0.05) is 10.5 Å². The number of thiol groups is 1. The van der Waals surface area contributed by atoms with Crippen molar-refractivity contribution < 1.29 is 0 Å². The van der Waals surface area contributed by atoms with E-state index in [-0.39, 0.29) is 0 Å². The summed E-state index contributed by atoms with van der Waals surface area (Å²) in [4.78, 5) is 0. The summed E-state index contributed by atoms with van der Waals surface area (Å²) in [5.74, 6) is 9.05. The Bertz CT molecular complexity index is 381. The topological polar surface area (TPSA) is 0 Å². The largest absolute Gasteiger partial charge is 0.176 e. The van der Waals surface area contributed by atoms with Crippen LogP contribution in [-0.2, 0) is 0 Å². The minimum Gasteiger partial charge on any atom is -0.176 e. The van der Waals surface area contributed by atoms with Crippen LogP contribution < -0.4 is 0 Å². The van der Waals surface area contributed by atoms with Crippen molar-refractivity contribution in [3.63, 3.8) is 0 Å². The average molecular weight is 281 g/mol. The Morgan fingerprint density at radius 2 is 1.50 bits per heavy atom. The van der Waals surface area contributed by atoms with Crippen LogP contribution in [0, 0.1) is 47.3 Å². The van der Waals surface area contributed by atoms with Crippen molar-refractivity contribution >= 4 is 24.4 Å². The minimum absolute atomic E-state index is 0.748. The van der Waals surface area contributed by atoms with Crippen LogP contribution in [0.1, 0.15) is 32.1 Å². The summed E-state index contributed by atoms with van der Waals surface area (Å²) in [6, 6.07) is 0. The van der Waals surface area contributed by atoms with Crippen LogP contribution in [0.2, 0.25) is 0 Å². The van der Waals surface area contributed by atoms with Crippen molar-refractivity contribution in [3.05, 3.63) is 0 Å². The van der Waals surface area contributed by atoms with Crippen LogP contribution >= 0.6 is 24.4 Å². The lowest BCUT2D eigenvalue weighted by molar-refractivity contribution is 0.0741. The highest BCUT2D eigenvalue weighted by molar-refractivity contribution is 7.99. The molecule has 5 aliphatic carbocycles. The number of fused-ring (bicyclic) bond motifs is 12. The molecule has 0 aromatic carbocycles. The maximum absolute atomic E-state index is 4.81. The Morgan fingerprint density at radius 3 is 2.22 bits per heavy atom. The van der Waals surface area contributed by atoms with Crippen molar-refractivity contribution in [1.29, 1.82) is 0 Å². The summed E-state index contributed by atoms with van der Waals surface area (Å²) < 4.78 is 0. The fourth-order valence-electron chi connectivity index (χ4n) is 7.51. The molecule has 2 heteroatoms. The van der Waals surface area contributed by atoms with Gasteiger partial charge >= 0.3 is 0 Å². The fourth-order valence-corrected chi connectivity index (χ4v) is 9.08. The Kier molecular flexibility index (Phi) is 2.31. The zero-order valence-corrected chi connectivity index (χ0v) is 12.9. The van der Waals surface area contributed by atoms with Crippen molar-refractivity contribution in [2.24, 2.45) is 47.3 Å². The highest BCUT2D eigenvalue weighted by Crippen LogP contribution is 2.73. The number of hydrogen-bond acceptors (Lipinski definition) is 2. The van der Waals surface area contributed by atoms with Gasteiger partial charge in [-0.3, -0.25) is 0 Å². The van der Waals surface area contributed by atoms with E-state index >= 15 is 0 Å². The zero-order chi connectivity index (χ0) is 12.0. The first-order valence-electron chi connectivity index (χ1n) is 7.98. The number of hydrogen-bond donors (Lipinski definition) is 1. The molecule has 10 unspecified atom stereocenters. The highest BCUT2D eigenvalue weighted by atomic mass is 32.2. The van der Waals surface area contributed by atoms with Gasteiger partial charge in [-0.2, -0.15) is 24.4 Å². The Hall–Kier alpha value is 0.700. The average Bonchev–Trinajstić information content (AvgIpc) is 3.08. The lowest BCUT2D eigenvalue weighted by Gasteiger charge is -2.43. The van der Waals surface area contributed by atoms with Crippen molar-refractivity contribution in [1.82, 2.24) is 0 Å². The van der Waals surface area contributed by atoms with Gasteiger partial charge in [-0.05, 0) is 85.7 Å². The second-order valence-corrected chi connectivity index (χ2v) is 9.65. The van der Waals surface area contributed by atoms with Gasteiger partial charge in [0.05, 0.1) is 0 Å². The molecular formula is C16H24S2. The first-order chi connectivity index (χ1) is 8.78. The van der Waals surface area contributed by atoms with Crippen LogP contribution in [-0.4, -0.2) is 16.8 Å². The molecule has 5 saturated carbocycles. The van der Waals surface area contributed by atoms with E-state index < -0.39 is 0 Å². The second kappa shape index (κ2) is 3.67. The Balaban J connectivity index is 1.50. The summed E-state index contributed by atoms with van der Waals surface area (Å²) in [5, 5.41) is 1.78. The van der Waals surface area contributed by atoms with E-state index in [9.17, 15) is 0 Å². The van der Waals surface area contributed by atoms with E-state index in [0.717, 1.165) is 51.9 Å². The predicted octanol–water partition coefficient (Wildman–Crippen LogP) is 3.96. The third-order valence-corrected chi connectivity index (χ3v) is 9.21. The lowest BCUT2D eigenvalue weighted by Crippen LogP contribution is -2.39. The zero-order valence-electron chi connectivity index (χ0n) is 11.2. The van der Waals surface area contributed by atoms with Gasteiger partial charge in [0.15, 0.2) is 0 Å². The quantitative estimate of drug-likeness (QED) is 0.560. The highest BCUT2D eigenvalue weighted by Gasteiger charge is 2.68. The molecule has 5 fully saturated rings. The van der Waals surface area contributed by atoms with Crippen molar-refractivity contribution in [2.75, 3.05) is 6.26 Å². The van der Waals surface area contributed by atoms with Crippen LogP contribution in [0.25, 0.3) is 0 Å². The molecule has 0 amide bonds. The van der Waals surface area contributed by atoms with Crippen molar-refractivity contribution in [3.8, 4) is 0 Å². The monoisotopic (exact) mass is 280 g/mol. The number of thioether (sulfide) groups is 1. The van der Waals surface area contributed by atoms with Crippen molar-refractivity contribution in [2.45, 2.75) is 42.6 Å². The van der Waals surface area contributed by atoms with Crippen LogP contribution in [0.3, 0.4) is 0 Å². The summed E-state index contributed by atoms with van der Waals surface area (Å²) >= 11 is 6.99. The third-order valence-electron chi connectivity index (χ3n) is 7.64. The summed E-state index contributed by atoms with van der Waals surface area (Å²) in [5.41, 5.74) is 0. The Morgan fingerprint density at radius 1 is 0.778 bits per heavy atom. The SMILES string of the molecule is CSC1CC2CC1C1C3CC(C4CC(S)CC43)C21. The minimum atomic E-state index is 0.748. The molecule has 0 radical (unpaired) electrons. The molecule has 10 atom stereocenters. The van der Waals surface area contributed by atoms with Gasteiger partial charge in [-0.15, -0.1) is 0 Å². The van der Waals surface area contributed by atoms with Gasteiger partial charge in [0.1, 0.15) is 0 Å². The normalized spacial score (nSPS) is 67.7. The van der Waals surface area contributed by atoms with E-state index in [1.165, 1.54) is 18.8 Å². The smallest absolute Gasteiger partial charge is 0.00782 e. The molecule has 5 aliphatic rings. The molecule has 0 nitrogen and oxygen atoms in total. The van der Waals surface area contributed by atoms with Crippen LogP contribution in [0.5, 0.6) is 0 Å². The number of rotatable bonds is 1. The van der Waals surface area contributed by atoms with Gasteiger partial charge in [-0.25, -0.2) is 0 Å². The first-order valence-corrected chi connectivity index (χ1v) is 9.79. The summed E-state index contributed by atoms with van der Waals surface area (Å²) in [7, 11) is 0. The van der Waals surface area contributed by atoms with Gasteiger partial charge in [-0.1, -0.05) is 0 Å². The van der Waals surface area contributed by atoms with Gasteiger partial charge in [0.2, 0.25) is 0 Å². The first kappa shape index (κ1) is 11.4. The molecule has 0 aliphatic heterocycles. The summed E-state index contributed by atoms with van der Waals surface area (Å²) in [6.45, 7) is 0. The molecular weight excluding hydrogens is 256 g/mol. The maximum atomic E-state index is 4.81. The molecule has 0 saturated heterocycles. The molecule has 0 aromatic rings. The van der Waals surface area contributed by atoms with Gasteiger partial charge < -0.3 is 0 Å². The maximum Gasteiger partial charge on any atom is 0.00782 e. The van der Waals surface area contributed by atoms with Gasteiger partial charge in [0.25, 0.3) is 0 Å². The fraction of sp³-hybridized carbons (Fsp3) is 1.00. The predicted molar refractivity (Wildman–Crippen MR) is 81.1 cm³/mol. The van der Waals surface area contributed by atoms with Crippen LogP contribution in [0.4, 0.5) is 0 Å². The molecule has 4 bridgehead atoms. The molecule has 0 aromatic heterocycles. The molecule has 100 valence electrons. The van der Waals surface area contributed by atoms with E-state index in [2.05, 4.69) is 18.0 Å². The summed E-state index contributed by atoms with van der Waals surface area (Å²) in [6.07, 6.45) is 10.1. The second-order valence-electron chi connectivity index (χ2n) is 7.84.